The summed E-state index contributed by atoms with van der Waals surface area (Å²) in [5.41, 5.74) is 1.75. The molecular weight excluding hydrogens is 417 g/mol. The molecule has 0 saturated carbocycles. The number of guanidine groups is 1. The quantitative estimate of drug-likeness (QED) is 0.410. The van der Waals surface area contributed by atoms with E-state index in [4.69, 9.17) is 4.74 Å². The predicted molar refractivity (Wildman–Crippen MR) is 108 cm³/mol. The van der Waals surface area contributed by atoms with Crippen molar-refractivity contribution in [2.45, 2.75) is 26.0 Å². The summed E-state index contributed by atoms with van der Waals surface area (Å²) in [7, 11) is 3.45. The van der Waals surface area contributed by atoms with Crippen molar-refractivity contribution in [2.24, 2.45) is 4.99 Å². The highest BCUT2D eigenvalue weighted by molar-refractivity contribution is 14.0. The van der Waals surface area contributed by atoms with E-state index in [9.17, 15) is 0 Å². The van der Waals surface area contributed by atoms with Crippen molar-refractivity contribution in [3.8, 4) is 5.69 Å². The summed E-state index contributed by atoms with van der Waals surface area (Å²) >= 11 is 0. The average Bonchev–Trinajstić information content (AvgIpc) is 3.05. The predicted octanol–water partition coefficient (Wildman–Crippen LogP) is 2.58. The van der Waals surface area contributed by atoms with Crippen LogP contribution in [0.1, 0.15) is 19.5 Å². The lowest BCUT2D eigenvalue weighted by Crippen LogP contribution is -2.45. The van der Waals surface area contributed by atoms with E-state index in [1.165, 1.54) is 0 Å². The first-order chi connectivity index (χ1) is 11.0. The summed E-state index contributed by atoms with van der Waals surface area (Å²) < 4.78 is 7.25. The molecule has 2 rings (SSSR count). The van der Waals surface area contributed by atoms with Gasteiger partial charge in [0.1, 0.15) is 0 Å². The Morgan fingerprint density at radius 3 is 2.54 bits per heavy atom. The molecule has 1 heterocycles. The maximum absolute atomic E-state index is 5.39. The van der Waals surface area contributed by atoms with Gasteiger partial charge in [0.15, 0.2) is 5.96 Å². The van der Waals surface area contributed by atoms with Gasteiger partial charge in [-0.1, -0.05) is 18.2 Å². The van der Waals surface area contributed by atoms with E-state index in [0.717, 1.165) is 17.3 Å². The second-order valence-corrected chi connectivity index (χ2v) is 5.83. The third kappa shape index (κ3) is 6.12. The molecule has 0 aliphatic heterocycles. The minimum atomic E-state index is -0.244. The van der Waals surface area contributed by atoms with Gasteiger partial charge in [0, 0.05) is 26.9 Å². The molecule has 0 spiro atoms. The number of para-hydroxylation sites is 1. The van der Waals surface area contributed by atoms with E-state index in [1.54, 1.807) is 14.2 Å². The third-order valence-corrected chi connectivity index (χ3v) is 3.56. The highest BCUT2D eigenvalue weighted by Gasteiger charge is 2.16. The highest BCUT2D eigenvalue weighted by Crippen LogP contribution is 2.07. The molecule has 1 aromatic carbocycles. The molecule has 0 aliphatic carbocycles. The lowest BCUT2D eigenvalue weighted by atomic mass is 10.1. The van der Waals surface area contributed by atoms with E-state index >= 15 is 0 Å². The topological polar surface area (TPSA) is 63.5 Å². The van der Waals surface area contributed by atoms with E-state index in [-0.39, 0.29) is 29.6 Å². The van der Waals surface area contributed by atoms with Crippen LogP contribution in [0.15, 0.2) is 47.6 Å². The van der Waals surface area contributed by atoms with Crippen LogP contribution in [0.5, 0.6) is 0 Å². The normalized spacial score (nSPS) is 11.8. The number of ether oxygens (including phenoxy) is 1. The van der Waals surface area contributed by atoms with Gasteiger partial charge in [-0.2, -0.15) is 5.10 Å². The Hall–Kier alpha value is -1.61. The van der Waals surface area contributed by atoms with E-state index in [2.05, 4.69) is 20.7 Å². The number of nitrogens with one attached hydrogen (secondary N) is 2. The van der Waals surface area contributed by atoms with Crippen molar-refractivity contribution in [3.63, 3.8) is 0 Å². The van der Waals surface area contributed by atoms with Crippen LogP contribution in [-0.2, 0) is 11.3 Å². The molecule has 0 saturated heterocycles. The summed E-state index contributed by atoms with van der Waals surface area (Å²) in [6, 6.07) is 12.0. The number of nitrogens with zero attached hydrogens (tertiary/aromatic N) is 3. The Morgan fingerprint density at radius 1 is 1.21 bits per heavy atom. The van der Waals surface area contributed by atoms with Crippen LogP contribution in [0, 0.1) is 0 Å². The monoisotopic (exact) mass is 443 g/mol. The van der Waals surface area contributed by atoms with Crippen LogP contribution >= 0.6 is 24.0 Å². The van der Waals surface area contributed by atoms with Gasteiger partial charge in [0.2, 0.25) is 0 Å². The Kier molecular flexibility index (Phi) is 8.20. The van der Waals surface area contributed by atoms with Crippen molar-refractivity contribution >= 4 is 29.9 Å². The zero-order valence-corrected chi connectivity index (χ0v) is 16.9. The van der Waals surface area contributed by atoms with Crippen molar-refractivity contribution in [1.82, 2.24) is 20.4 Å². The smallest absolute Gasteiger partial charge is 0.191 e. The molecule has 0 amide bonds. The molecule has 0 aliphatic rings. The molecule has 7 heteroatoms. The molecule has 2 N–H and O–H groups in total. The van der Waals surface area contributed by atoms with Crippen LogP contribution in [0.2, 0.25) is 0 Å². The molecule has 6 nitrogen and oxygen atoms in total. The first-order valence-corrected chi connectivity index (χ1v) is 7.64. The highest BCUT2D eigenvalue weighted by atomic mass is 127. The fourth-order valence-corrected chi connectivity index (χ4v) is 1.94. The van der Waals surface area contributed by atoms with Gasteiger partial charge in [0.05, 0.1) is 23.5 Å². The Bertz CT molecular complexity index is 639. The van der Waals surface area contributed by atoms with Crippen molar-refractivity contribution in [1.29, 1.82) is 0 Å². The first kappa shape index (κ1) is 20.4. The summed E-state index contributed by atoms with van der Waals surface area (Å²) in [5, 5.41) is 11.1. The lowest BCUT2D eigenvalue weighted by molar-refractivity contribution is 0.0268. The molecule has 2 aromatic rings. The fraction of sp³-hybridized carbons (Fsp3) is 0.412. The number of rotatable bonds is 6. The van der Waals surface area contributed by atoms with Crippen molar-refractivity contribution < 1.29 is 4.74 Å². The second kappa shape index (κ2) is 9.63. The summed E-state index contributed by atoms with van der Waals surface area (Å²) in [5.74, 6) is 0.726. The zero-order chi connectivity index (χ0) is 16.7. The number of methoxy groups -OCH3 is 1. The second-order valence-electron chi connectivity index (χ2n) is 5.83. The number of aromatic nitrogens is 2. The summed E-state index contributed by atoms with van der Waals surface area (Å²) in [4.78, 5) is 4.21. The minimum absolute atomic E-state index is 0. The fourth-order valence-electron chi connectivity index (χ4n) is 1.94. The lowest BCUT2D eigenvalue weighted by Gasteiger charge is -2.24. The molecule has 0 fully saturated rings. The minimum Gasteiger partial charge on any atom is -0.377 e. The number of hydrogen-bond donors (Lipinski definition) is 2. The van der Waals surface area contributed by atoms with Gasteiger partial charge in [-0.15, -0.1) is 24.0 Å². The number of benzene rings is 1. The van der Waals surface area contributed by atoms with Crippen LogP contribution in [0.25, 0.3) is 5.69 Å². The van der Waals surface area contributed by atoms with E-state index < -0.39 is 0 Å². The molecule has 0 unspecified atom stereocenters. The Balaban J connectivity index is 0.00000288. The van der Waals surface area contributed by atoms with Gasteiger partial charge in [-0.25, -0.2) is 4.68 Å². The van der Waals surface area contributed by atoms with Crippen LogP contribution in [0.4, 0.5) is 0 Å². The molecule has 1 aromatic heterocycles. The van der Waals surface area contributed by atoms with Gasteiger partial charge in [-0.3, -0.25) is 4.99 Å². The van der Waals surface area contributed by atoms with Crippen LogP contribution in [0.3, 0.4) is 0 Å². The molecule has 132 valence electrons. The molecule has 24 heavy (non-hydrogen) atoms. The van der Waals surface area contributed by atoms with Crippen LogP contribution in [-0.4, -0.2) is 42.0 Å². The van der Waals surface area contributed by atoms with Gasteiger partial charge >= 0.3 is 0 Å². The Labute approximate surface area is 160 Å². The number of aliphatic imine (C=N–C) groups is 1. The molecule has 0 bridgehead atoms. The number of hydrogen-bond acceptors (Lipinski definition) is 3. The zero-order valence-electron chi connectivity index (χ0n) is 14.6. The summed E-state index contributed by atoms with van der Waals surface area (Å²) in [6.45, 7) is 5.32. The maximum Gasteiger partial charge on any atom is 0.191 e. The Morgan fingerprint density at radius 2 is 1.92 bits per heavy atom. The third-order valence-electron chi connectivity index (χ3n) is 3.56. The first-order valence-electron chi connectivity index (χ1n) is 7.64. The van der Waals surface area contributed by atoms with Crippen molar-refractivity contribution in [3.05, 3.63) is 48.3 Å². The average molecular weight is 443 g/mol. The molecule has 0 radical (unpaired) electrons. The molecular formula is C17H26IN5O. The van der Waals surface area contributed by atoms with Crippen molar-refractivity contribution in [2.75, 3.05) is 20.7 Å². The van der Waals surface area contributed by atoms with E-state index in [0.29, 0.717) is 13.1 Å². The largest absolute Gasteiger partial charge is 0.377 e. The van der Waals surface area contributed by atoms with Gasteiger partial charge < -0.3 is 15.4 Å². The van der Waals surface area contributed by atoms with Gasteiger partial charge in [0.25, 0.3) is 0 Å². The SMILES string of the molecule is CN=C(NCc1ccn(-c2ccccc2)n1)NCC(C)(C)OC.I. The summed E-state index contributed by atoms with van der Waals surface area (Å²) in [6.07, 6.45) is 1.95. The molecule has 0 atom stereocenters. The maximum atomic E-state index is 5.39. The van der Waals surface area contributed by atoms with E-state index in [1.807, 2.05) is 61.1 Å². The standard InChI is InChI=1S/C17H25N5O.HI/c1-17(2,23-4)13-20-16(18-3)19-12-14-10-11-22(21-14)15-8-6-5-7-9-15;/h5-11H,12-13H2,1-4H3,(H2,18,19,20);1H. The van der Waals surface area contributed by atoms with Crippen LogP contribution < -0.4 is 10.6 Å². The van der Waals surface area contributed by atoms with Gasteiger partial charge in [-0.05, 0) is 32.0 Å². The number of halogens is 1.